The molecular formula is C27H38N2O4. The van der Waals surface area contributed by atoms with Crippen molar-refractivity contribution in [3.8, 4) is 5.75 Å². The second-order valence-electron chi connectivity index (χ2n) is 11.2. The summed E-state index contributed by atoms with van der Waals surface area (Å²) in [6.45, 7) is 8.05. The first-order valence-electron chi connectivity index (χ1n) is 13.1. The first-order valence-corrected chi connectivity index (χ1v) is 13.1. The lowest BCUT2D eigenvalue weighted by Crippen LogP contribution is -2.61. The largest absolute Gasteiger partial charge is 0.493 e. The summed E-state index contributed by atoms with van der Waals surface area (Å²) in [5.41, 5.74) is 1.79. The van der Waals surface area contributed by atoms with Gasteiger partial charge in [-0.25, -0.2) is 0 Å². The lowest BCUT2D eigenvalue weighted by molar-refractivity contribution is -0.161. The van der Waals surface area contributed by atoms with Gasteiger partial charge < -0.3 is 24.0 Å². The molecule has 180 valence electrons. The standard InChI is InChI=1S/C27H38N2O4/c30-26(22-16-32-17-22)29-18-27(19-29)9-5-23(13-27)28-10-6-21(7-11-28)24-3-1-2-4-25(24)33-15-20-8-12-31-14-20/h1-4,20-23H,5-19H2/t20-,23-/m1/s1. The molecule has 1 aromatic rings. The highest BCUT2D eigenvalue weighted by molar-refractivity contribution is 5.80. The fourth-order valence-electron chi connectivity index (χ4n) is 6.78. The van der Waals surface area contributed by atoms with Gasteiger partial charge in [0.25, 0.3) is 0 Å². The number of rotatable bonds is 6. The number of benzene rings is 1. The highest BCUT2D eigenvalue weighted by Gasteiger charge is 2.52. The van der Waals surface area contributed by atoms with E-state index in [1.807, 2.05) is 0 Å². The molecule has 33 heavy (non-hydrogen) atoms. The molecule has 2 atom stereocenters. The number of para-hydroxylation sites is 1. The van der Waals surface area contributed by atoms with Gasteiger partial charge in [0.15, 0.2) is 0 Å². The Kier molecular flexibility index (Phi) is 6.10. The van der Waals surface area contributed by atoms with Crippen LogP contribution in [0.4, 0.5) is 0 Å². The summed E-state index contributed by atoms with van der Waals surface area (Å²) in [5.74, 6) is 2.68. The minimum Gasteiger partial charge on any atom is -0.493 e. The minimum atomic E-state index is 0.136. The van der Waals surface area contributed by atoms with E-state index in [0.29, 0.717) is 42.4 Å². The number of nitrogens with zero attached hydrogens (tertiary/aromatic N) is 2. The van der Waals surface area contributed by atoms with Crippen molar-refractivity contribution in [3.63, 3.8) is 0 Å². The fraction of sp³-hybridized carbons (Fsp3) is 0.741. The smallest absolute Gasteiger partial charge is 0.230 e. The van der Waals surface area contributed by atoms with Crippen molar-refractivity contribution in [2.45, 2.75) is 50.5 Å². The topological polar surface area (TPSA) is 51.2 Å². The average molecular weight is 455 g/mol. The molecule has 4 aliphatic heterocycles. The average Bonchev–Trinajstić information content (AvgIpc) is 3.46. The van der Waals surface area contributed by atoms with E-state index in [0.717, 1.165) is 45.1 Å². The van der Waals surface area contributed by atoms with E-state index >= 15 is 0 Å². The molecule has 0 N–H and O–H groups in total. The molecule has 1 saturated carbocycles. The number of likely N-dealkylation sites (tertiary alicyclic amines) is 2. The molecule has 1 spiro atoms. The Morgan fingerprint density at radius 2 is 1.85 bits per heavy atom. The first kappa shape index (κ1) is 21.9. The zero-order valence-electron chi connectivity index (χ0n) is 19.8. The number of amides is 1. The van der Waals surface area contributed by atoms with Crippen molar-refractivity contribution in [2.24, 2.45) is 17.3 Å². The molecule has 0 radical (unpaired) electrons. The third kappa shape index (κ3) is 4.42. The van der Waals surface area contributed by atoms with Gasteiger partial charge in [-0.2, -0.15) is 0 Å². The van der Waals surface area contributed by atoms with Gasteiger partial charge in [0.2, 0.25) is 5.91 Å². The van der Waals surface area contributed by atoms with E-state index in [1.54, 1.807) is 0 Å². The molecule has 6 rings (SSSR count). The molecule has 4 heterocycles. The van der Waals surface area contributed by atoms with Crippen LogP contribution in [0.15, 0.2) is 24.3 Å². The Morgan fingerprint density at radius 3 is 2.58 bits per heavy atom. The predicted octanol–water partition coefficient (Wildman–Crippen LogP) is 3.31. The van der Waals surface area contributed by atoms with Gasteiger partial charge >= 0.3 is 0 Å². The number of carbonyl (C=O) groups excluding carboxylic acids is 1. The maximum absolute atomic E-state index is 12.5. The van der Waals surface area contributed by atoms with Crippen LogP contribution in [0, 0.1) is 17.3 Å². The van der Waals surface area contributed by atoms with Crippen LogP contribution in [0.2, 0.25) is 0 Å². The van der Waals surface area contributed by atoms with Crippen LogP contribution in [0.1, 0.15) is 50.0 Å². The summed E-state index contributed by atoms with van der Waals surface area (Å²) in [7, 11) is 0. The third-order valence-corrected chi connectivity index (χ3v) is 8.93. The van der Waals surface area contributed by atoms with Crippen molar-refractivity contribution in [1.82, 2.24) is 9.80 Å². The molecule has 1 aromatic carbocycles. The summed E-state index contributed by atoms with van der Waals surface area (Å²) >= 11 is 0. The van der Waals surface area contributed by atoms with Gasteiger partial charge in [0.05, 0.1) is 32.3 Å². The van der Waals surface area contributed by atoms with E-state index < -0.39 is 0 Å². The maximum atomic E-state index is 12.5. The highest BCUT2D eigenvalue weighted by Crippen LogP contribution is 2.48. The molecule has 0 unspecified atom stereocenters. The second-order valence-corrected chi connectivity index (χ2v) is 11.2. The molecule has 0 aromatic heterocycles. The number of carbonyl (C=O) groups is 1. The van der Waals surface area contributed by atoms with Gasteiger partial charge in [-0.15, -0.1) is 0 Å². The van der Waals surface area contributed by atoms with Crippen molar-refractivity contribution in [3.05, 3.63) is 29.8 Å². The van der Waals surface area contributed by atoms with Crippen molar-refractivity contribution < 1.29 is 19.0 Å². The second kappa shape index (κ2) is 9.20. The van der Waals surface area contributed by atoms with E-state index in [-0.39, 0.29) is 5.92 Å². The van der Waals surface area contributed by atoms with Gasteiger partial charge in [-0.1, -0.05) is 18.2 Å². The zero-order valence-corrected chi connectivity index (χ0v) is 19.8. The fourth-order valence-corrected chi connectivity index (χ4v) is 6.78. The SMILES string of the molecule is O=C(C1COC1)N1CC2(CC[C@@H](N3CCC(c4ccccc4OC[C@@H]4CCOC4)CC3)C2)C1. The monoisotopic (exact) mass is 454 g/mol. The van der Waals surface area contributed by atoms with Crippen LogP contribution in [0.3, 0.4) is 0 Å². The molecule has 6 heteroatoms. The molecule has 4 saturated heterocycles. The minimum absolute atomic E-state index is 0.136. The quantitative estimate of drug-likeness (QED) is 0.660. The van der Waals surface area contributed by atoms with E-state index in [4.69, 9.17) is 14.2 Å². The highest BCUT2D eigenvalue weighted by atomic mass is 16.5. The van der Waals surface area contributed by atoms with Gasteiger partial charge in [0.1, 0.15) is 5.75 Å². The van der Waals surface area contributed by atoms with Crippen molar-refractivity contribution in [1.29, 1.82) is 0 Å². The Bertz CT molecular complexity index is 836. The first-order chi connectivity index (χ1) is 16.2. The summed E-state index contributed by atoms with van der Waals surface area (Å²) in [4.78, 5) is 17.3. The Hall–Kier alpha value is -1.63. The van der Waals surface area contributed by atoms with Crippen LogP contribution >= 0.6 is 0 Å². The lowest BCUT2D eigenvalue weighted by atomic mass is 9.77. The lowest BCUT2D eigenvalue weighted by Gasteiger charge is -2.50. The van der Waals surface area contributed by atoms with Crippen LogP contribution in [0.5, 0.6) is 5.75 Å². The zero-order chi connectivity index (χ0) is 22.3. The summed E-state index contributed by atoms with van der Waals surface area (Å²) in [6.07, 6.45) is 7.38. The number of hydrogen-bond donors (Lipinski definition) is 0. The van der Waals surface area contributed by atoms with Gasteiger partial charge in [-0.3, -0.25) is 4.79 Å². The van der Waals surface area contributed by atoms with Crippen molar-refractivity contribution in [2.75, 3.05) is 59.2 Å². The molecular weight excluding hydrogens is 416 g/mol. The van der Waals surface area contributed by atoms with Crippen LogP contribution < -0.4 is 4.74 Å². The van der Waals surface area contributed by atoms with E-state index in [9.17, 15) is 4.79 Å². The Labute approximate surface area is 197 Å². The Morgan fingerprint density at radius 1 is 1.03 bits per heavy atom. The molecule has 5 fully saturated rings. The summed E-state index contributed by atoms with van der Waals surface area (Å²) in [5, 5.41) is 0. The molecule has 5 aliphatic rings. The number of hydrogen-bond acceptors (Lipinski definition) is 5. The number of ether oxygens (including phenoxy) is 3. The summed E-state index contributed by atoms with van der Waals surface area (Å²) in [6, 6.07) is 9.38. The predicted molar refractivity (Wildman–Crippen MR) is 125 cm³/mol. The molecule has 1 aliphatic carbocycles. The molecule has 1 amide bonds. The Balaban J connectivity index is 0.994. The van der Waals surface area contributed by atoms with Crippen molar-refractivity contribution >= 4 is 5.91 Å². The number of piperidine rings is 1. The van der Waals surface area contributed by atoms with Gasteiger partial charge in [-0.05, 0) is 69.2 Å². The van der Waals surface area contributed by atoms with E-state index in [2.05, 4.69) is 34.1 Å². The third-order valence-electron chi connectivity index (χ3n) is 8.93. The van der Waals surface area contributed by atoms with Gasteiger partial charge in [0, 0.05) is 37.1 Å². The normalized spacial score (nSPS) is 30.4. The summed E-state index contributed by atoms with van der Waals surface area (Å²) < 4.78 is 17.0. The molecule has 0 bridgehead atoms. The van der Waals surface area contributed by atoms with Crippen LogP contribution in [-0.4, -0.2) is 81.0 Å². The molecule has 6 nitrogen and oxygen atoms in total. The van der Waals surface area contributed by atoms with Crippen LogP contribution in [-0.2, 0) is 14.3 Å². The maximum Gasteiger partial charge on any atom is 0.230 e. The van der Waals surface area contributed by atoms with Crippen LogP contribution in [0.25, 0.3) is 0 Å². The van der Waals surface area contributed by atoms with E-state index in [1.165, 1.54) is 50.8 Å².